The number of rotatable bonds is 7. The lowest BCUT2D eigenvalue weighted by atomic mass is 9.78. The van der Waals surface area contributed by atoms with Gasteiger partial charge in [-0.2, -0.15) is 0 Å². The molecule has 0 bridgehead atoms. The highest BCUT2D eigenvalue weighted by molar-refractivity contribution is 7.96. The monoisotopic (exact) mass is 505 g/mol. The van der Waals surface area contributed by atoms with Crippen molar-refractivity contribution in [1.82, 2.24) is 4.31 Å². The number of nitrogens with one attached hydrogen (secondary N) is 1. The lowest BCUT2D eigenvalue weighted by molar-refractivity contribution is 0.238. The van der Waals surface area contributed by atoms with Crippen molar-refractivity contribution < 1.29 is 16.8 Å². The van der Waals surface area contributed by atoms with E-state index in [0.29, 0.717) is 27.7 Å². The molecule has 172 valence electrons. The largest absolute Gasteiger partial charge is 0.369 e. The molecule has 1 aliphatic heterocycles. The molecular formula is C20H28ClN3O4S3. The summed E-state index contributed by atoms with van der Waals surface area (Å²) in [7, 11) is -4.88. The van der Waals surface area contributed by atoms with Gasteiger partial charge in [0, 0.05) is 27.2 Å². The van der Waals surface area contributed by atoms with E-state index in [4.69, 9.17) is 11.6 Å². The van der Waals surface area contributed by atoms with Gasteiger partial charge in [-0.15, -0.1) is 11.3 Å². The second-order valence-corrected chi connectivity index (χ2v) is 14.0. The first-order chi connectivity index (χ1) is 14.4. The van der Waals surface area contributed by atoms with E-state index in [0.717, 1.165) is 36.7 Å². The van der Waals surface area contributed by atoms with Crippen LogP contribution in [0.4, 0.5) is 11.4 Å². The van der Waals surface area contributed by atoms with Crippen molar-refractivity contribution in [2.24, 2.45) is 5.41 Å². The summed E-state index contributed by atoms with van der Waals surface area (Å²) in [4.78, 5) is 2.12. The van der Waals surface area contributed by atoms with Gasteiger partial charge in [0.05, 0.1) is 16.4 Å². The van der Waals surface area contributed by atoms with E-state index in [1.807, 2.05) is 0 Å². The van der Waals surface area contributed by atoms with Crippen LogP contribution in [0, 0.1) is 5.41 Å². The molecule has 1 N–H and O–H groups in total. The number of nitrogens with zero attached hydrogens (tertiary/aromatic N) is 2. The van der Waals surface area contributed by atoms with Crippen molar-refractivity contribution in [3.63, 3.8) is 0 Å². The maximum absolute atomic E-state index is 13.0. The van der Waals surface area contributed by atoms with Crippen LogP contribution < -0.4 is 9.62 Å². The highest BCUT2D eigenvalue weighted by atomic mass is 35.5. The molecule has 31 heavy (non-hydrogen) atoms. The molecule has 0 aliphatic carbocycles. The molecule has 0 saturated carbocycles. The zero-order valence-electron chi connectivity index (χ0n) is 18.1. The number of halogens is 1. The van der Waals surface area contributed by atoms with Crippen LogP contribution in [0.3, 0.4) is 0 Å². The Labute approximate surface area is 194 Å². The van der Waals surface area contributed by atoms with Gasteiger partial charge in [-0.3, -0.25) is 4.72 Å². The molecule has 7 nitrogen and oxygen atoms in total. The van der Waals surface area contributed by atoms with Crippen LogP contribution in [0.1, 0.15) is 33.1 Å². The van der Waals surface area contributed by atoms with Crippen molar-refractivity contribution in [1.29, 1.82) is 0 Å². The first kappa shape index (κ1) is 24.3. The molecule has 0 unspecified atom stereocenters. The lowest BCUT2D eigenvalue weighted by Crippen LogP contribution is -2.39. The van der Waals surface area contributed by atoms with Crippen molar-refractivity contribution >= 4 is 54.4 Å². The van der Waals surface area contributed by atoms with Crippen molar-refractivity contribution in [2.75, 3.05) is 36.8 Å². The first-order valence-electron chi connectivity index (χ1n) is 9.98. The first-order valence-corrected chi connectivity index (χ1v) is 14.1. The topological polar surface area (TPSA) is 86.8 Å². The van der Waals surface area contributed by atoms with Crippen LogP contribution in [0.15, 0.2) is 38.8 Å². The van der Waals surface area contributed by atoms with Gasteiger partial charge in [0.25, 0.3) is 20.0 Å². The number of hydrogen-bond donors (Lipinski definition) is 1. The van der Waals surface area contributed by atoms with Crippen LogP contribution in [0.5, 0.6) is 0 Å². The summed E-state index contributed by atoms with van der Waals surface area (Å²) in [6.45, 7) is 6.03. The Morgan fingerprint density at radius 3 is 2.29 bits per heavy atom. The average Bonchev–Trinajstić information content (AvgIpc) is 3.21. The molecule has 0 spiro atoms. The predicted octanol–water partition coefficient (Wildman–Crippen LogP) is 4.47. The fourth-order valence-electron chi connectivity index (χ4n) is 3.50. The van der Waals surface area contributed by atoms with Crippen LogP contribution in [-0.4, -0.2) is 48.3 Å². The number of hydrogen-bond acceptors (Lipinski definition) is 6. The van der Waals surface area contributed by atoms with Gasteiger partial charge in [-0.1, -0.05) is 37.9 Å². The molecule has 1 saturated heterocycles. The van der Waals surface area contributed by atoms with Crippen LogP contribution >= 0.6 is 22.9 Å². The van der Waals surface area contributed by atoms with Crippen LogP contribution in [0.2, 0.25) is 5.02 Å². The number of anilines is 2. The standard InChI is InChI=1S/C20H28ClN3O4S3/c1-5-20(2)11-13-24(14-12-20)19-15(21)7-6-8-16(19)22-30(25,26)17-9-10-18(29-17)31(27,28)23(3)4/h6-10,22H,5,11-14H2,1-4H3. The fraction of sp³-hybridized carbons (Fsp3) is 0.500. The van der Waals surface area contributed by atoms with Crippen molar-refractivity contribution in [3.8, 4) is 0 Å². The van der Waals surface area contributed by atoms with Gasteiger partial charge in [0.1, 0.15) is 8.42 Å². The van der Waals surface area contributed by atoms with E-state index in [2.05, 4.69) is 23.5 Å². The van der Waals surface area contributed by atoms with Crippen molar-refractivity contribution in [2.45, 2.75) is 41.5 Å². The summed E-state index contributed by atoms with van der Waals surface area (Å²) in [5, 5.41) is 0.474. The molecule has 1 fully saturated rings. The van der Waals surface area contributed by atoms with E-state index >= 15 is 0 Å². The molecule has 1 aromatic carbocycles. The van der Waals surface area contributed by atoms with Crippen LogP contribution in [-0.2, 0) is 20.0 Å². The Hall–Kier alpha value is -1.33. The van der Waals surface area contributed by atoms with Gasteiger partial charge in [0.15, 0.2) is 0 Å². The minimum absolute atomic E-state index is 0.0286. The summed E-state index contributed by atoms with van der Waals surface area (Å²) >= 11 is 7.20. The molecule has 0 radical (unpaired) electrons. The second-order valence-electron chi connectivity index (χ2n) is 8.25. The van der Waals surface area contributed by atoms with E-state index in [1.54, 1.807) is 18.2 Å². The molecule has 0 amide bonds. The molecule has 0 atom stereocenters. The lowest BCUT2D eigenvalue weighted by Gasteiger charge is -2.40. The molecule has 2 aromatic rings. The fourth-order valence-corrected chi connectivity index (χ4v) is 7.80. The third-order valence-electron chi connectivity index (χ3n) is 5.93. The van der Waals surface area contributed by atoms with Gasteiger partial charge in [-0.05, 0) is 42.5 Å². The summed E-state index contributed by atoms with van der Waals surface area (Å²) in [6, 6.07) is 7.73. The number of benzene rings is 1. The van der Waals surface area contributed by atoms with E-state index in [1.165, 1.54) is 26.2 Å². The quantitative estimate of drug-likeness (QED) is 0.600. The van der Waals surface area contributed by atoms with Gasteiger partial charge in [-0.25, -0.2) is 21.1 Å². The summed E-state index contributed by atoms with van der Waals surface area (Å²) in [5.74, 6) is 0. The normalized spacial score (nSPS) is 17.2. The Morgan fingerprint density at radius 2 is 1.71 bits per heavy atom. The minimum Gasteiger partial charge on any atom is -0.369 e. The van der Waals surface area contributed by atoms with E-state index < -0.39 is 20.0 Å². The molecule has 1 aliphatic rings. The summed E-state index contributed by atoms with van der Waals surface area (Å²) in [6.07, 6.45) is 3.09. The van der Waals surface area contributed by atoms with Crippen molar-refractivity contribution in [3.05, 3.63) is 35.4 Å². The number of thiophene rings is 1. The van der Waals surface area contributed by atoms with Gasteiger partial charge >= 0.3 is 0 Å². The zero-order valence-corrected chi connectivity index (χ0v) is 21.3. The highest BCUT2D eigenvalue weighted by Gasteiger charge is 2.31. The SMILES string of the molecule is CCC1(C)CCN(c2c(Cl)cccc2NS(=O)(=O)c2ccc(S(=O)(=O)N(C)C)s2)CC1. The Morgan fingerprint density at radius 1 is 1.10 bits per heavy atom. The van der Waals surface area contributed by atoms with Crippen LogP contribution in [0.25, 0.3) is 0 Å². The molecule has 3 rings (SSSR count). The molecule has 11 heteroatoms. The van der Waals surface area contributed by atoms with E-state index in [9.17, 15) is 16.8 Å². The molecular weight excluding hydrogens is 478 g/mol. The Kier molecular flexibility index (Phi) is 6.98. The number of sulfonamides is 2. The number of para-hydroxylation sites is 1. The van der Waals surface area contributed by atoms with Gasteiger partial charge < -0.3 is 4.90 Å². The maximum atomic E-state index is 13.0. The van der Waals surface area contributed by atoms with Gasteiger partial charge in [0.2, 0.25) is 0 Å². The summed E-state index contributed by atoms with van der Waals surface area (Å²) < 4.78 is 54.3. The van der Waals surface area contributed by atoms with E-state index in [-0.39, 0.29) is 13.8 Å². The average molecular weight is 506 g/mol. The third-order valence-corrected chi connectivity index (χ3v) is 11.5. The smallest absolute Gasteiger partial charge is 0.271 e. The maximum Gasteiger partial charge on any atom is 0.271 e. The second kappa shape index (κ2) is 8.90. The molecule has 1 aromatic heterocycles. The predicted molar refractivity (Wildman–Crippen MR) is 127 cm³/mol. The Bertz CT molecular complexity index is 1150. The number of piperidine rings is 1. The third kappa shape index (κ3) is 5.03. The summed E-state index contributed by atoms with van der Waals surface area (Å²) in [5.41, 5.74) is 1.32. The highest BCUT2D eigenvalue weighted by Crippen LogP contribution is 2.41. The Balaban J connectivity index is 1.90. The zero-order chi connectivity index (χ0) is 23.0. The molecule has 2 heterocycles. The minimum atomic E-state index is -3.98.